The lowest BCUT2D eigenvalue weighted by molar-refractivity contribution is -0.265. The second-order valence-electron chi connectivity index (χ2n) is 4.24. The van der Waals surface area contributed by atoms with E-state index >= 15 is 0 Å². The summed E-state index contributed by atoms with van der Waals surface area (Å²) >= 11 is 2.30. The zero-order chi connectivity index (χ0) is 9.10. The molecular weight excluding hydrogens is 279 g/mol. The van der Waals surface area contributed by atoms with Gasteiger partial charge in [-0.3, -0.25) is 4.68 Å². The van der Waals surface area contributed by atoms with E-state index in [0.29, 0.717) is 5.54 Å². The molecule has 0 spiro atoms. The van der Waals surface area contributed by atoms with Crippen LogP contribution in [0.15, 0.2) is 12.4 Å². The van der Waals surface area contributed by atoms with E-state index in [1.54, 1.807) is 0 Å². The van der Waals surface area contributed by atoms with Crippen LogP contribution >= 0.6 is 22.6 Å². The fourth-order valence-electron chi connectivity index (χ4n) is 2.66. The highest BCUT2D eigenvalue weighted by Crippen LogP contribution is 2.66. The first-order valence-corrected chi connectivity index (χ1v) is 5.52. The van der Waals surface area contributed by atoms with Crippen molar-refractivity contribution in [1.29, 1.82) is 0 Å². The lowest BCUT2D eigenvalue weighted by Gasteiger charge is -2.68. The Morgan fingerprint density at radius 1 is 1.54 bits per heavy atom. The molecule has 0 aromatic carbocycles. The molecule has 0 N–H and O–H groups in total. The number of methoxy groups -OCH3 is 1. The van der Waals surface area contributed by atoms with Gasteiger partial charge in [-0.25, -0.2) is 0 Å². The molecular formula is C9H11IN2O. The van der Waals surface area contributed by atoms with Crippen molar-refractivity contribution in [3.63, 3.8) is 0 Å². The smallest absolute Gasteiger partial charge is 0.0748 e. The summed E-state index contributed by atoms with van der Waals surface area (Å²) in [7, 11) is 1.82. The third kappa shape index (κ3) is 0.905. The molecule has 0 unspecified atom stereocenters. The first kappa shape index (κ1) is 8.23. The van der Waals surface area contributed by atoms with Gasteiger partial charge in [0.25, 0.3) is 0 Å². The molecule has 3 nitrogen and oxygen atoms in total. The summed E-state index contributed by atoms with van der Waals surface area (Å²) in [5.41, 5.74) is 0.539. The minimum Gasteiger partial charge on any atom is -0.378 e. The molecule has 4 rings (SSSR count). The van der Waals surface area contributed by atoms with Gasteiger partial charge in [0.05, 0.1) is 20.9 Å². The highest BCUT2D eigenvalue weighted by atomic mass is 127. The SMILES string of the molecule is COC12CC(n3cc(I)cn3)(C1)C2. The molecule has 1 heterocycles. The third-order valence-electron chi connectivity index (χ3n) is 3.42. The summed E-state index contributed by atoms with van der Waals surface area (Å²) in [5.74, 6) is 0. The van der Waals surface area contributed by atoms with Crippen LogP contribution in [0.3, 0.4) is 0 Å². The highest BCUT2D eigenvalue weighted by molar-refractivity contribution is 14.1. The molecule has 0 atom stereocenters. The van der Waals surface area contributed by atoms with E-state index in [0.717, 1.165) is 19.3 Å². The zero-order valence-electron chi connectivity index (χ0n) is 7.46. The molecule has 70 valence electrons. The van der Waals surface area contributed by atoms with Crippen LogP contribution in [0.5, 0.6) is 0 Å². The van der Waals surface area contributed by atoms with Crippen LogP contribution in [0.25, 0.3) is 0 Å². The van der Waals surface area contributed by atoms with Crippen molar-refractivity contribution >= 4 is 22.6 Å². The van der Waals surface area contributed by atoms with Crippen LogP contribution < -0.4 is 0 Å². The minimum absolute atomic E-state index is 0.220. The molecule has 13 heavy (non-hydrogen) atoms. The van der Waals surface area contributed by atoms with E-state index in [1.807, 2.05) is 13.3 Å². The average Bonchev–Trinajstić information content (AvgIpc) is 2.31. The molecule has 3 aliphatic carbocycles. The zero-order valence-corrected chi connectivity index (χ0v) is 9.61. The summed E-state index contributed by atoms with van der Waals surface area (Å²) in [6.45, 7) is 0. The summed E-state index contributed by atoms with van der Waals surface area (Å²) in [6.07, 6.45) is 7.48. The Morgan fingerprint density at radius 2 is 2.23 bits per heavy atom. The van der Waals surface area contributed by atoms with E-state index in [4.69, 9.17) is 4.74 Å². The van der Waals surface area contributed by atoms with Crippen molar-refractivity contribution in [3.8, 4) is 0 Å². The van der Waals surface area contributed by atoms with Crippen molar-refractivity contribution in [3.05, 3.63) is 16.0 Å². The van der Waals surface area contributed by atoms with Crippen LogP contribution in [0.4, 0.5) is 0 Å². The molecule has 4 heteroatoms. The van der Waals surface area contributed by atoms with Gasteiger partial charge in [-0.05, 0) is 22.6 Å². The van der Waals surface area contributed by atoms with Gasteiger partial charge >= 0.3 is 0 Å². The maximum absolute atomic E-state index is 5.45. The van der Waals surface area contributed by atoms with Crippen LogP contribution in [0, 0.1) is 3.57 Å². The van der Waals surface area contributed by atoms with Gasteiger partial charge in [-0.1, -0.05) is 0 Å². The van der Waals surface area contributed by atoms with Crippen molar-refractivity contribution < 1.29 is 4.74 Å². The van der Waals surface area contributed by atoms with Gasteiger partial charge in [0, 0.05) is 32.6 Å². The van der Waals surface area contributed by atoms with E-state index in [2.05, 4.69) is 38.6 Å². The fraction of sp³-hybridized carbons (Fsp3) is 0.667. The monoisotopic (exact) mass is 290 g/mol. The van der Waals surface area contributed by atoms with Gasteiger partial charge in [-0.2, -0.15) is 5.10 Å². The first-order valence-electron chi connectivity index (χ1n) is 4.44. The summed E-state index contributed by atoms with van der Waals surface area (Å²) in [5, 5.41) is 4.37. The average molecular weight is 290 g/mol. The van der Waals surface area contributed by atoms with Crippen molar-refractivity contribution in [2.45, 2.75) is 30.4 Å². The molecule has 0 saturated heterocycles. The Labute approximate surface area is 90.6 Å². The molecule has 3 fully saturated rings. The van der Waals surface area contributed by atoms with Crippen molar-refractivity contribution in [1.82, 2.24) is 9.78 Å². The van der Waals surface area contributed by atoms with Crippen LogP contribution in [-0.4, -0.2) is 22.5 Å². The molecule has 0 aliphatic heterocycles. The standard InChI is InChI=1S/C9H11IN2O/c1-13-9-4-8(5-9,6-9)12-3-7(10)2-11-12/h2-3H,4-6H2,1H3. The molecule has 0 amide bonds. The molecule has 3 saturated carbocycles. The predicted molar refractivity (Wildman–Crippen MR) is 56.5 cm³/mol. The van der Waals surface area contributed by atoms with Gasteiger partial charge in [0.15, 0.2) is 0 Å². The third-order valence-corrected chi connectivity index (χ3v) is 3.98. The minimum atomic E-state index is 0.220. The number of halogens is 1. The van der Waals surface area contributed by atoms with Gasteiger partial charge < -0.3 is 4.74 Å². The first-order chi connectivity index (χ1) is 6.18. The number of aromatic nitrogens is 2. The van der Waals surface area contributed by atoms with Crippen LogP contribution in [-0.2, 0) is 10.3 Å². The quantitative estimate of drug-likeness (QED) is 0.776. The van der Waals surface area contributed by atoms with Crippen LogP contribution in [0.1, 0.15) is 19.3 Å². The second kappa shape index (κ2) is 2.28. The molecule has 0 radical (unpaired) electrons. The van der Waals surface area contributed by atoms with Gasteiger partial charge in [0.1, 0.15) is 0 Å². The fourth-order valence-corrected chi connectivity index (χ4v) is 3.05. The topological polar surface area (TPSA) is 27.1 Å². The Bertz CT molecular complexity index is 340. The summed E-state index contributed by atoms with van der Waals surface area (Å²) in [6, 6.07) is 0. The molecule has 1 aromatic rings. The maximum atomic E-state index is 5.45. The number of ether oxygens (including phenoxy) is 1. The Morgan fingerprint density at radius 3 is 2.69 bits per heavy atom. The summed E-state index contributed by atoms with van der Waals surface area (Å²) < 4.78 is 8.79. The van der Waals surface area contributed by atoms with E-state index in [-0.39, 0.29) is 5.60 Å². The largest absolute Gasteiger partial charge is 0.378 e. The van der Waals surface area contributed by atoms with Crippen molar-refractivity contribution in [2.75, 3.05) is 7.11 Å². The lowest BCUT2D eigenvalue weighted by Crippen LogP contribution is -2.73. The lowest BCUT2D eigenvalue weighted by atomic mass is 9.46. The predicted octanol–water partition coefficient (Wildman–Crippen LogP) is 1.77. The van der Waals surface area contributed by atoms with Gasteiger partial charge in [-0.15, -0.1) is 0 Å². The van der Waals surface area contributed by atoms with E-state index in [9.17, 15) is 0 Å². The molecule has 3 aliphatic rings. The highest BCUT2D eigenvalue weighted by Gasteiger charge is 2.70. The van der Waals surface area contributed by atoms with Gasteiger partial charge in [0.2, 0.25) is 0 Å². The maximum Gasteiger partial charge on any atom is 0.0748 e. The number of hydrogen-bond acceptors (Lipinski definition) is 2. The van der Waals surface area contributed by atoms with Crippen molar-refractivity contribution in [2.24, 2.45) is 0 Å². The number of hydrogen-bond donors (Lipinski definition) is 0. The number of nitrogens with zero attached hydrogens (tertiary/aromatic N) is 2. The Kier molecular flexibility index (Phi) is 1.44. The Hall–Kier alpha value is -0.100. The van der Waals surface area contributed by atoms with E-state index < -0.39 is 0 Å². The normalized spacial score (nSPS) is 41.1. The number of rotatable bonds is 2. The van der Waals surface area contributed by atoms with E-state index in [1.165, 1.54) is 3.57 Å². The Balaban J connectivity index is 1.84. The second-order valence-corrected chi connectivity index (χ2v) is 5.49. The molecule has 1 aromatic heterocycles. The van der Waals surface area contributed by atoms with Crippen LogP contribution in [0.2, 0.25) is 0 Å². The molecule has 2 bridgehead atoms. The summed E-state index contributed by atoms with van der Waals surface area (Å²) in [4.78, 5) is 0.